The molecule has 33 heavy (non-hydrogen) atoms. The first-order valence-electron chi connectivity index (χ1n) is 11.3. The number of nitrogens with two attached hydrogens (primary N) is 1. The Balaban J connectivity index is 1.50. The predicted octanol–water partition coefficient (Wildman–Crippen LogP) is 4.41. The first-order valence-corrected chi connectivity index (χ1v) is 11.3. The SMILES string of the molecule is COc1ccccc1-c1ccc(C[C@@]2(C(N)=O)CCN(C(=O)[C@H](C)c3ccccc3)C2)cc1. The predicted molar refractivity (Wildman–Crippen MR) is 130 cm³/mol. The Hall–Kier alpha value is -3.60. The van der Waals surface area contributed by atoms with Crippen LogP contribution in [0.5, 0.6) is 5.75 Å². The summed E-state index contributed by atoms with van der Waals surface area (Å²) in [6.45, 7) is 2.81. The molecule has 1 saturated heterocycles. The second-order valence-corrected chi connectivity index (χ2v) is 8.86. The smallest absolute Gasteiger partial charge is 0.229 e. The van der Waals surface area contributed by atoms with E-state index in [0.29, 0.717) is 25.9 Å². The second-order valence-electron chi connectivity index (χ2n) is 8.86. The Morgan fingerprint density at radius 2 is 1.67 bits per heavy atom. The van der Waals surface area contributed by atoms with Crippen molar-refractivity contribution in [3.63, 3.8) is 0 Å². The third-order valence-corrected chi connectivity index (χ3v) is 6.77. The summed E-state index contributed by atoms with van der Waals surface area (Å²) in [5, 5.41) is 0. The second kappa shape index (κ2) is 9.49. The van der Waals surface area contributed by atoms with Gasteiger partial charge in [0, 0.05) is 18.7 Å². The summed E-state index contributed by atoms with van der Waals surface area (Å²) in [4.78, 5) is 27.5. The highest BCUT2D eigenvalue weighted by Gasteiger charge is 2.45. The fourth-order valence-corrected chi connectivity index (χ4v) is 4.73. The molecule has 1 aliphatic heterocycles. The highest BCUT2D eigenvalue weighted by molar-refractivity contribution is 5.87. The fraction of sp³-hybridized carbons (Fsp3) is 0.286. The number of carbonyl (C=O) groups excluding carboxylic acids is 2. The molecule has 170 valence electrons. The van der Waals surface area contributed by atoms with E-state index in [0.717, 1.165) is 28.0 Å². The van der Waals surface area contributed by atoms with Crippen molar-refractivity contribution in [3.05, 3.63) is 90.0 Å². The summed E-state index contributed by atoms with van der Waals surface area (Å²) >= 11 is 0. The Morgan fingerprint density at radius 3 is 2.33 bits per heavy atom. The molecule has 0 aromatic heterocycles. The molecule has 5 heteroatoms. The molecule has 4 rings (SSSR count). The van der Waals surface area contributed by atoms with E-state index in [9.17, 15) is 9.59 Å². The van der Waals surface area contributed by atoms with Crippen molar-refractivity contribution in [1.29, 1.82) is 0 Å². The van der Waals surface area contributed by atoms with Gasteiger partial charge in [-0.2, -0.15) is 0 Å². The number of nitrogens with zero attached hydrogens (tertiary/aromatic N) is 1. The monoisotopic (exact) mass is 442 g/mol. The van der Waals surface area contributed by atoms with Gasteiger partial charge in [0.15, 0.2) is 0 Å². The van der Waals surface area contributed by atoms with Crippen LogP contribution in [0, 0.1) is 5.41 Å². The lowest BCUT2D eigenvalue weighted by atomic mass is 9.80. The highest BCUT2D eigenvalue weighted by atomic mass is 16.5. The zero-order valence-corrected chi connectivity index (χ0v) is 19.2. The standard InChI is InChI=1S/C28H30N2O3/c1-20(22-8-4-3-5-9-22)26(31)30-17-16-28(19-30,27(29)32)18-21-12-14-23(15-13-21)24-10-6-7-11-25(24)33-2/h3-15,20H,16-19H2,1-2H3,(H2,29,32)/t20-,28+/m1/s1. The Kier molecular flexibility index (Phi) is 6.50. The summed E-state index contributed by atoms with van der Waals surface area (Å²) in [5.41, 5.74) is 9.21. The van der Waals surface area contributed by atoms with Crippen LogP contribution >= 0.6 is 0 Å². The molecule has 3 aromatic carbocycles. The van der Waals surface area contributed by atoms with Crippen molar-refractivity contribution in [2.24, 2.45) is 11.1 Å². The maximum atomic E-state index is 13.1. The maximum Gasteiger partial charge on any atom is 0.229 e. The van der Waals surface area contributed by atoms with E-state index in [2.05, 4.69) is 0 Å². The van der Waals surface area contributed by atoms with Crippen LogP contribution in [-0.4, -0.2) is 36.9 Å². The molecule has 0 bridgehead atoms. The number of rotatable bonds is 7. The van der Waals surface area contributed by atoms with Crippen LogP contribution in [-0.2, 0) is 16.0 Å². The third-order valence-electron chi connectivity index (χ3n) is 6.77. The van der Waals surface area contributed by atoms with Gasteiger partial charge in [0.1, 0.15) is 5.75 Å². The number of ether oxygens (including phenoxy) is 1. The average molecular weight is 443 g/mol. The maximum absolute atomic E-state index is 13.1. The van der Waals surface area contributed by atoms with Gasteiger partial charge in [0.05, 0.1) is 18.4 Å². The van der Waals surface area contributed by atoms with E-state index in [1.165, 1.54) is 0 Å². The van der Waals surface area contributed by atoms with Gasteiger partial charge in [-0.1, -0.05) is 72.8 Å². The molecule has 0 unspecified atom stereocenters. The first kappa shape index (κ1) is 22.6. The van der Waals surface area contributed by atoms with Crippen molar-refractivity contribution >= 4 is 11.8 Å². The van der Waals surface area contributed by atoms with E-state index >= 15 is 0 Å². The number of methoxy groups -OCH3 is 1. The van der Waals surface area contributed by atoms with Crippen LogP contribution in [0.15, 0.2) is 78.9 Å². The Morgan fingerprint density at radius 1 is 1.00 bits per heavy atom. The number of primary amides is 1. The summed E-state index contributed by atoms with van der Waals surface area (Å²) in [7, 11) is 1.66. The lowest BCUT2D eigenvalue weighted by molar-refractivity contribution is -0.133. The molecular formula is C28H30N2O3. The highest BCUT2D eigenvalue weighted by Crippen LogP contribution is 2.37. The van der Waals surface area contributed by atoms with E-state index in [1.54, 1.807) is 12.0 Å². The molecule has 0 spiro atoms. The normalized spacial score (nSPS) is 18.7. The molecule has 2 amide bonds. The Labute approximate surface area is 195 Å². The lowest BCUT2D eigenvalue weighted by Gasteiger charge is -2.27. The van der Waals surface area contributed by atoms with Crippen LogP contribution in [0.25, 0.3) is 11.1 Å². The quantitative estimate of drug-likeness (QED) is 0.589. The summed E-state index contributed by atoms with van der Waals surface area (Å²) in [6, 6.07) is 25.8. The topological polar surface area (TPSA) is 72.6 Å². The lowest BCUT2D eigenvalue weighted by Crippen LogP contribution is -2.43. The van der Waals surface area contributed by atoms with Crippen molar-refractivity contribution in [1.82, 2.24) is 4.90 Å². The Bertz CT molecular complexity index is 1130. The van der Waals surface area contributed by atoms with Crippen LogP contribution in [0.4, 0.5) is 0 Å². The van der Waals surface area contributed by atoms with Crippen molar-refractivity contribution < 1.29 is 14.3 Å². The van der Waals surface area contributed by atoms with Crippen molar-refractivity contribution in [3.8, 4) is 16.9 Å². The van der Waals surface area contributed by atoms with Gasteiger partial charge in [0.25, 0.3) is 0 Å². The largest absolute Gasteiger partial charge is 0.496 e. The van der Waals surface area contributed by atoms with Crippen LogP contribution in [0.1, 0.15) is 30.4 Å². The summed E-state index contributed by atoms with van der Waals surface area (Å²) in [5.74, 6) is 0.251. The first-order chi connectivity index (χ1) is 15.9. The van der Waals surface area contributed by atoms with Crippen molar-refractivity contribution in [2.45, 2.75) is 25.7 Å². The van der Waals surface area contributed by atoms with Gasteiger partial charge in [0.2, 0.25) is 11.8 Å². The van der Waals surface area contributed by atoms with Gasteiger partial charge >= 0.3 is 0 Å². The summed E-state index contributed by atoms with van der Waals surface area (Å²) in [6.07, 6.45) is 1.09. The fourth-order valence-electron chi connectivity index (χ4n) is 4.73. The molecule has 0 saturated carbocycles. The van der Waals surface area contributed by atoms with Crippen LogP contribution < -0.4 is 10.5 Å². The van der Waals surface area contributed by atoms with E-state index in [4.69, 9.17) is 10.5 Å². The summed E-state index contributed by atoms with van der Waals surface area (Å²) < 4.78 is 5.47. The number of hydrogen-bond donors (Lipinski definition) is 1. The number of likely N-dealkylation sites (tertiary alicyclic amines) is 1. The average Bonchev–Trinajstić information content (AvgIpc) is 3.29. The van der Waals surface area contributed by atoms with Crippen LogP contribution in [0.2, 0.25) is 0 Å². The molecule has 1 aliphatic rings. The molecule has 1 fully saturated rings. The minimum absolute atomic E-state index is 0.0378. The molecular weight excluding hydrogens is 412 g/mol. The van der Waals surface area contributed by atoms with Gasteiger partial charge in [-0.25, -0.2) is 0 Å². The zero-order valence-electron chi connectivity index (χ0n) is 19.2. The number of amides is 2. The van der Waals surface area contributed by atoms with E-state index in [-0.39, 0.29) is 17.7 Å². The number of hydrogen-bond acceptors (Lipinski definition) is 3. The molecule has 2 atom stereocenters. The molecule has 3 aromatic rings. The van der Waals surface area contributed by atoms with E-state index < -0.39 is 5.41 Å². The molecule has 2 N–H and O–H groups in total. The molecule has 0 aliphatic carbocycles. The molecule has 5 nitrogen and oxygen atoms in total. The van der Waals surface area contributed by atoms with Gasteiger partial charge in [-0.3, -0.25) is 9.59 Å². The van der Waals surface area contributed by atoms with Gasteiger partial charge < -0.3 is 15.4 Å². The zero-order chi connectivity index (χ0) is 23.4. The molecule has 1 heterocycles. The van der Waals surface area contributed by atoms with E-state index in [1.807, 2.05) is 85.8 Å². The van der Waals surface area contributed by atoms with Gasteiger partial charge in [-0.15, -0.1) is 0 Å². The number of benzene rings is 3. The molecule has 0 radical (unpaired) electrons. The minimum atomic E-state index is -0.752. The van der Waals surface area contributed by atoms with Crippen LogP contribution in [0.3, 0.4) is 0 Å². The number of para-hydroxylation sites is 1. The van der Waals surface area contributed by atoms with Crippen molar-refractivity contribution in [2.75, 3.05) is 20.2 Å². The minimum Gasteiger partial charge on any atom is -0.496 e. The van der Waals surface area contributed by atoms with Gasteiger partial charge in [-0.05, 0) is 42.5 Å². The third kappa shape index (κ3) is 4.63. The number of carbonyl (C=O) groups is 2.